The van der Waals surface area contributed by atoms with E-state index < -0.39 is 0 Å². The lowest BCUT2D eigenvalue weighted by molar-refractivity contribution is 0.195. The van der Waals surface area contributed by atoms with E-state index >= 15 is 0 Å². The van der Waals surface area contributed by atoms with Crippen molar-refractivity contribution in [3.8, 4) is 0 Å². The summed E-state index contributed by atoms with van der Waals surface area (Å²) in [6, 6.07) is 0.652. The van der Waals surface area contributed by atoms with Crippen molar-refractivity contribution < 1.29 is 5.11 Å². The highest BCUT2D eigenvalue weighted by atomic mass is 32.2. The molecule has 108 valence electrons. The minimum atomic E-state index is -0.205. The van der Waals surface area contributed by atoms with E-state index in [0.29, 0.717) is 16.5 Å². The zero-order chi connectivity index (χ0) is 13.5. The third kappa shape index (κ3) is 5.10. The van der Waals surface area contributed by atoms with Gasteiger partial charge in [0.2, 0.25) is 0 Å². The fourth-order valence-electron chi connectivity index (χ4n) is 2.69. The molecule has 1 aliphatic carbocycles. The summed E-state index contributed by atoms with van der Waals surface area (Å²) in [7, 11) is 0. The summed E-state index contributed by atoms with van der Waals surface area (Å²) < 4.78 is 0. The van der Waals surface area contributed by atoms with Crippen LogP contribution in [0.4, 0.5) is 0 Å². The lowest BCUT2D eigenvalue weighted by Crippen LogP contribution is -2.44. The van der Waals surface area contributed by atoms with Gasteiger partial charge in [0, 0.05) is 16.5 Å². The molecule has 3 heteroatoms. The number of aliphatic hydroxyl groups is 1. The first kappa shape index (κ1) is 16.3. The van der Waals surface area contributed by atoms with E-state index in [9.17, 15) is 5.11 Å². The number of rotatable bonds is 7. The summed E-state index contributed by atoms with van der Waals surface area (Å²) in [5.41, 5.74) is 0. The molecule has 0 saturated heterocycles. The number of thioether (sulfide) groups is 1. The molecule has 18 heavy (non-hydrogen) atoms. The maximum atomic E-state index is 9.70. The van der Waals surface area contributed by atoms with Crippen molar-refractivity contribution in [3.05, 3.63) is 0 Å². The fourth-order valence-corrected chi connectivity index (χ4v) is 4.27. The molecule has 0 radical (unpaired) electrons. The summed E-state index contributed by atoms with van der Waals surface area (Å²) >= 11 is 1.99. The van der Waals surface area contributed by atoms with Crippen LogP contribution >= 0.6 is 11.8 Å². The van der Waals surface area contributed by atoms with Crippen LogP contribution in [0.1, 0.15) is 59.8 Å². The van der Waals surface area contributed by atoms with E-state index in [4.69, 9.17) is 0 Å². The Labute approximate surface area is 117 Å². The molecule has 0 aromatic carbocycles. The van der Waals surface area contributed by atoms with Crippen LogP contribution in [0.5, 0.6) is 0 Å². The van der Waals surface area contributed by atoms with Crippen molar-refractivity contribution in [3.63, 3.8) is 0 Å². The largest absolute Gasteiger partial charge is 0.392 e. The predicted octanol–water partition coefficient (Wildman–Crippen LogP) is 3.44. The Bertz CT molecular complexity index is 223. The van der Waals surface area contributed by atoms with Gasteiger partial charge in [0.05, 0.1) is 6.10 Å². The fraction of sp³-hybridized carbons (Fsp3) is 1.00. The highest BCUT2D eigenvalue weighted by Gasteiger charge is 2.31. The summed E-state index contributed by atoms with van der Waals surface area (Å²) in [4.78, 5) is 0. The molecule has 0 aromatic rings. The summed E-state index contributed by atoms with van der Waals surface area (Å²) in [5.74, 6) is 0.892. The first-order chi connectivity index (χ1) is 8.58. The number of nitrogens with one attached hydrogen (secondary N) is 1. The normalized spacial score (nSPS) is 32.2. The van der Waals surface area contributed by atoms with Crippen LogP contribution in [-0.2, 0) is 0 Å². The van der Waals surface area contributed by atoms with Crippen molar-refractivity contribution in [1.82, 2.24) is 5.32 Å². The SMILES string of the molecule is CCCNC1CCC(CC)CC1SC(C)C(C)O. The smallest absolute Gasteiger partial charge is 0.0628 e. The van der Waals surface area contributed by atoms with Crippen LogP contribution in [0.2, 0.25) is 0 Å². The Morgan fingerprint density at radius 2 is 2.00 bits per heavy atom. The lowest BCUT2D eigenvalue weighted by Gasteiger charge is -2.38. The molecule has 1 fully saturated rings. The Kier molecular flexibility index (Phi) is 7.66. The van der Waals surface area contributed by atoms with Crippen molar-refractivity contribution in [2.75, 3.05) is 6.54 Å². The van der Waals surface area contributed by atoms with E-state index in [1.807, 2.05) is 18.7 Å². The monoisotopic (exact) mass is 273 g/mol. The van der Waals surface area contributed by atoms with E-state index in [0.717, 1.165) is 12.5 Å². The minimum absolute atomic E-state index is 0.205. The number of hydrogen-bond acceptors (Lipinski definition) is 3. The molecular formula is C15H31NOS. The van der Waals surface area contributed by atoms with Gasteiger partial charge < -0.3 is 10.4 Å². The van der Waals surface area contributed by atoms with Gasteiger partial charge in [-0.15, -0.1) is 0 Å². The summed E-state index contributed by atoms with van der Waals surface area (Å²) in [6.45, 7) is 9.73. The molecule has 0 heterocycles. The Hall–Kier alpha value is 0.270. The molecule has 2 N–H and O–H groups in total. The average molecular weight is 273 g/mol. The van der Waals surface area contributed by atoms with Crippen LogP contribution in [-0.4, -0.2) is 34.3 Å². The highest BCUT2D eigenvalue weighted by molar-refractivity contribution is 8.00. The molecule has 1 saturated carbocycles. The van der Waals surface area contributed by atoms with Crippen molar-refractivity contribution >= 4 is 11.8 Å². The van der Waals surface area contributed by atoms with Gasteiger partial charge in [0.15, 0.2) is 0 Å². The van der Waals surface area contributed by atoms with Gasteiger partial charge in [-0.2, -0.15) is 11.8 Å². The molecule has 0 amide bonds. The number of hydrogen-bond donors (Lipinski definition) is 2. The zero-order valence-corrected chi connectivity index (χ0v) is 13.3. The molecule has 1 aliphatic rings. The van der Waals surface area contributed by atoms with Crippen LogP contribution < -0.4 is 5.32 Å². The number of aliphatic hydroxyl groups excluding tert-OH is 1. The zero-order valence-electron chi connectivity index (χ0n) is 12.5. The summed E-state index contributed by atoms with van der Waals surface area (Å²) in [5, 5.41) is 14.4. The van der Waals surface area contributed by atoms with Crippen LogP contribution in [0.15, 0.2) is 0 Å². The van der Waals surface area contributed by atoms with Crippen molar-refractivity contribution in [2.45, 2.75) is 82.4 Å². The first-order valence-electron chi connectivity index (χ1n) is 7.65. The molecule has 0 aliphatic heterocycles. The molecular weight excluding hydrogens is 242 g/mol. The van der Waals surface area contributed by atoms with Gasteiger partial charge in [-0.25, -0.2) is 0 Å². The van der Waals surface area contributed by atoms with Crippen molar-refractivity contribution in [2.24, 2.45) is 5.92 Å². The van der Waals surface area contributed by atoms with Crippen LogP contribution in [0, 0.1) is 5.92 Å². The molecule has 0 spiro atoms. The Morgan fingerprint density at radius 1 is 1.28 bits per heavy atom. The molecule has 0 bridgehead atoms. The molecule has 5 unspecified atom stereocenters. The van der Waals surface area contributed by atoms with E-state index in [1.54, 1.807) is 0 Å². The van der Waals surface area contributed by atoms with Crippen LogP contribution in [0.3, 0.4) is 0 Å². The standard InChI is InChI=1S/C15H31NOS/c1-5-9-16-14-8-7-13(6-2)10-15(14)18-12(4)11(3)17/h11-17H,5-10H2,1-4H3. The highest BCUT2D eigenvalue weighted by Crippen LogP contribution is 2.36. The Morgan fingerprint density at radius 3 is 2.56 bits per heavy atom. The molecule has 0 aromatic heterocycles. The van der Waals surface area contributed by atoms with Gasteiger partial charge in [-0.3, -0.25) is 0 Å². The topological polar surface area (TPSA) is 32.3 Å². The maximum Gasteiger partial charge on any atom is 0.0628 e. The maximum absolute atomic E-state index is 9.70. The van der Waals surface area contributed by atoms with Gasteiger partial charge in [-0.05, 0) is 45.1 Å². The molecule has 1 rings (SSSR count). The summed E-state index contributed by atoms with van der Waals surface area (Å²) in [6.07, 6.45) is 6.31. The van der Waals surface area contributed by atoms with E-state index in [1.165, 1.54) is 32.1 Å². The Balaban J connectivity index is 2.53. The second-order valence-corrected chi connectivity index (χ2v) is 7.39. The minimum Gasteiger partial charge on any atom is -0.392 e. The third-order valence-corrected chi connectivity index (χ3v) is 5.90. The molecule has 2 nitrogen and oxygen atoms in total. The first-order valence-corrected chi connectivity index (χ1v) is 8.59. The second-order valence-electron chi connectivity index (χ2n) is 5.77. The third-order valence-electron chi connectivity index (χ3n) is 4.20. The van der Waals surface area contributed by atoms with Crippen molar-refractivity contribution in [1.29, 1.82) is 0 Å². The predicted molar refractivity (Wildman–Crippen MR) is 82.2 cm³/mol. The van der Waals surface area contributed by atoms with Crippen LogP contribution in [0.25, 0.3) is 0 Å². The van der Waals surface area contributed by atoms with Gasteiger partial charge in [-0.1, -0.05) is 27.2 Å². The van der Waals surface area contributed by atoms with E-state index in [2.05, 4.69) is 26.1 Å². The lowest BCUT2D eigenvalue weighted by atomic mass is 9.84. The van der Waals surface area contributed by atoms with E-state index in [-0.39, 0.29) is 6.10 Å². The second kappa shape index (κ2) is 8.44. The molecule has 5 atom stereocenters. The quantitative estimate of drug-likeness (QED) is 0.745. The van der Waals surface area contributed by atoms with Gasteiger partial charge in [0.1, 0.15) is 0 Å². The van der Waals surface area contributed by atoms with Gasteiger partial charge >= 0.3 is 0 Å². The van der Waals surface area contributed by atoms with Gasteiger partial charge in [0.25, 0.3) is 0 Å². The average Bonchev–Trinajstić information content (AvgIpc) is 2.36.